The Bertz CT molecular complexity index is 866. The number of hydrogen-bond acceptors (Lipinski definition) is 4. The molecular formula is C21H23F3N4O2. The van der Waals surface area contributed by atoms with Crippen LogP contribution in [0.15, 0.2) is 54.6 Å². The lowest BCUT2D eigenvalue weighted by molar-refractivity contribution is -0.137. The van der Waals surface area contributed by atoms with E-state index in [1.54, 1.807) is 4.90 Å². The van der Waals surface area contributed by atoms with Crippen LogP contribution in [0.1, 0.15) is 5.56 Å². The van der Waals surface area contributed by atoms with Gasteiger partial charge in [-0.05, 0) is 30.3 Å². The number of benzene rings is 2. The van der Waals surface area contributed by atoms with E-state index in [1.165, 1.54) is 12.1 Å². The highest BCUT2D eigenvalue weighted by Gasteiger charge is 2.30. The van der Waals surface area contributed by atoms with Crippen molar-refractivity contribution in [2.75, 3.05) is 49.5 Å². The van der Waals surface area contributed by atoms with E-state index in [0.717, 1.165) is 17.8 Å². The molecule has 1 saturated heterocycles. The minimum absolute atomic E-state index is 0.144. The molecule has 3 rings (SSSR count). The summed E-state index contributed by atoms with van der Waals surface area (Å²) in [6.07, 6.45) is -4.45. The van der Waals surface area contributed by atoms with E-state index >= 15 is 0 Å². The lowest BCUT2D eigenvalue weighted by Crippen LogP contribution is -2.51. The van der Waals surface area contributed by atoms with E-state index in [4.69, 9.17) is 0 Å². The second-order valence-electron chi connectivity index (χ2n) is 6.91. The topological polar surface area (TPSA) is 64.7 Å². The van der Waals surface area contributed by atoms with Crippen molar-refractivity contribution in [3.8, 4) is 0 Å². The predicted octanol–water partition coefficient (Wildman–Crippen LogP) is 2.58. The Morgan fingerprint density at radius 2 is 1.60 bits per heavy atom. The first kappa shape index (κ1) is 21.5. The van der Waals surface area contributed by atoms with Gasteiger partial charge in [-0.25, -0.2) is 0 Å². The molecule has 0 aliphatic carbocycles. The van der Waals surface area contributed by atoms with Gasteiger partial charge in [0.25, 0.3) is 0 Å². The van der Waals surface area contributed by atoms with Gasteiger partial charge in [0.15, 0.2) is 0 Å². The molecule has 6 nitrogen and oxygen atoms in total. The summed E-state index contributed by atoms with van der Waals surface area (Å²) < 4.78 is 38.2. The van der Waals surface area contributed by atoms with E-state index in [0.29, 0.717) is 26.2 Å². The SMILES string of the molecule is O=C(CNc1cccc(C(F)(F)F)c1)NCC(=O)N1CCN(c2ccccc2)CC1. The number of hydrogen-bond donors (Lipinski definition) is 2. The number of amides is 2. The third-order valence-corrected chi connectivity index (χ3v) is 4.83. The fourth-order valence-electron chi connectivity index (χ4n) is 3.19. The fourth-order valence-corrected chi connectivity index (χ4v) is 3.19. The highest BCUT2D eigenvalue weighted by atomic mass is 19.4. The van der Waals surface area contributed by atoms with Crippen molar-refractivity contribution < 1.29 is 22.8 Å². The van der Waals surface area contributed by atoms with E-state index in [-0.39, 0.29) is 24.7 Å². The number of carbonyl (C=O) groups is 2. The number of carbonyl (C=O) groups excluding carboxylic acids is 2. The van der Waals surface area contributed by atoms with Crippen LogP contribution >= 0.6 is 0 Å². The lowest BCUT2D eigenvalue weighted by Gasteiger charge is -2.36. The smallest absolute Gasteiger partial charge is 0.376 e. The van der Waals surface area contributed by atoms with Crippen LogP contribution in [0.5, 0.6) is 0 Å². The molecule has 2 amide bonds. The normalized spacial score (nSPS) is 14.4. The molecule has 160 valence electrons. The Morgan fingerprint density at radius 3 is 2.27 bits per heavy atom. The number of halogens is 3. The molecule has 1 aliphatic rings. The van der Waals surface area contributed by atoms with Crippen molar-refractivity contribution in [1.82, 2.24) is 10.2 Å². The van der Waals surface area contributed by atoms with Crippen LogP contribution in [0.25, 0.3) is 0 Å². The summed E-state index contributed by atoms with van der Waals surface area (Å²) in [4.78, 5) is 28.2. The minimum Gasteiger partial charge on any atom is -0.376 e. The van der Waals surface area contributed by atoms with E-state index in [2.05, 4.69) is 15.5 Å². The zero-order valence-corrected chi connectivity index (χ0v) is 16.3. The Morgan fingerprint density at radius 1 is 0.900 bits per heavy atom. The summed E-state index contributed by atoms with van der Waals surface area (Å²) in [7, 11) is 0. The van der Waals surface area contributed by atoms with Gasteiger partial charge in [0, 0.05) is 37.6 Å². The monoisotopic (exact) mass is 420 g/mol. The molecule has 0 radical (unpaired) electrons. The summed E-state index contributed by atoms with van der Waals surface area (Å²) >= 11 is 0. The molecule has 9 heteroatoms. The van der Waals surface area contributed by atoms with Gasteiger partial charge >= 0.3 is 6.18 Å². The largest absolute Gasteiger partial charge is 0.416 e. The minimum atomic E-state index is -4.45. The average Bonchev–Trinajstić information content (AvgIpc) is 2.76. The quantitative estimate of drug-likeness (QED) is 0.754. The predicted molar refractivity (Wildman–Crippen MR) is 108 cm³/mol. The highest BCUT2D eigenvalue weighted by Crippen LogP contribution is 2.30. The van der Waals surface area contributed by atoms with Crippen molar-refractivity contribution in [3.63, 3.8) is 0 Å². The van der Waals surface area contributed by atoms with Crippen molar-refractivity contribution >= 4 is 23.2 Å². The number of alkyl halides is 3. The van der Waals surface area contributed by atoms with Crippen molar-refractivity contribution in [2.45, 2.75) is 6.18 Å². The van der Waals surface area contributed by atoms with Crippen LogP contribution in [-0.2, 0) is 15.8 Å². The van der Waals surface area contributed by atoms with E-state index in [1.807, 2.05) is 30.3 Å². The van der Waals surface area contributed by atoms with Gasteiger partial charge in [0.05, 0.1) is 18.7 Å². The molecule has 2 aromatic carbocycles. The van der Waals surface area contributed by atoms with Gasteiger partial charge in [-0.3, -0.25) is 9.59 Å². The second-order valence-corrected chi connectivity index (χ2v) is 6.91. The summed E-state index contributed by atoms with van der Waals surface area (Å²) in [6, 6.07) is 14.5. The molecule has 0 spiro atoms. The molecule has 2 aromatic rings. The lowest BCUT2D eigenvalue weighted by atomic mass is 10.2. The highest BCUT2D eigenvalue weighted by molar-refractivity contribution is 5.87. The maximum absolute atomic E-state index is 12.7. The van der Waals surface area contributed by atoms with Crippen LogP contribution in [0.4, 0.5) is 24.5 Å². The molecule has 1 aliphatic heterocycles. The van der Waals surface area contributed by atoms with Gasteiger partial charge in [-0.2, -0.15) is 13.2 Å². The maximum atomic E-state index is 12.7. The molecule has 1 fully saturated rings. The number of rotatable bonds is 6. The van der Waals surface area contributed by atoms with Crippen LogP contribution in [0, 0.1) is 0 Å². The summed E-state index contributed by atoms with van der Waals surface area (Å²) in [5, 5.41) is 5.15. The molecule has 0 bridgehead atoms. The standard InChI is InChI=1S/C21H23F3N4O2/c22-21(23,24)16-5-4-6-17(13-16)25-14-19(29)26-15-20(30)28-11-9-27(10-12-28)18-7-2-1-3-8-18/h1-8,13,25H,9-12,14-15H2,(H,26,29). The number of anilines is 2. The zero-order valence-electron chi connectivity index (χ0n) is 16.3. The van der Waals surface area contributed by atoms with E-state index in [9.17, 15) is 22.8 Å². The summed E-state index contributed by atoms with van der Waals surface area (Å²) in [5.41, 5.74) is 0.500. The zero-order chi connectivity index (χ0) is 21.6. The number of para-hydroxylation sites is 1. The second kappa shape index (κ2) is 9.51. The Kier molecular flexibility index (Phi) is 6.81. The number of piperazine rings is 1. The third-order valence-electron chi connectivity index (χ3n) is 4.83. The van der Waals surface area contributed by atoms with Gasteiger partial charge in [-0.15, -0.1) is 0 Å². The van der Waals surface area contributed by atoms with Crippen LogP contribution < -0.4 is 15.5 Å². The van der Waals surface area contributed by atoms with Crippen LogP contribution in [0.2, 0.25) is 0 Å². The molecule has 1 heterocycles. The number of nitrogens with zero attached hydrogens (tertiary/aromatic N) is 2. The van der Waals surface area contributed by atoms with E-state index < -0.39 is 17.6 Å². The summed E-state index contributed by atoms with van der Waals surface area (Å²) in [5.74, 6) is -0.654. The van der Waals surface area contributed by atoms with Gasteiger partial charge in [0.1, 0.15) is 0 Å². The molecule has 0 saturated carbocycles. The molecule has 2 N–H and O–H groups in total. The first-order chi connectivity index (χ1) is 14.3. The summed E-state index contributed by atoms with van der Waals surface area (Å²) in [6.45, 7) is 2.17. The first-order valence-electron chi connectivity index (χ1n) is 9.58. The van der Waals surface area contributed by atoms with Crippen molar-refractivity contribution in [3.05, 3.63) is 60.2 Å². The van der Waals surface area contributed by atoms with Gasteiger partial charge in [0.2, 0.25) is 11.8 Å². The molecule has 30 heavy (non-hydrogen) atoms. The van der Waals surface area contributed by atoms with Gasteiger partial charge < -0.3 is 20.4 Å². The van der Waals surface area contributed by atoms with Crippen LogP contribution in [0.3, 0.4) is 0 Å². The number of nitrogens with one attached hydrogen (secondary N) is 2. The average molecular weight is 420 g/mol. The Hall–Kier alpha value is -3.23. The molecular weight excluding hydrogens is 397 g/mol. The van der Waals surface area contributed by atoms with Gasteiger partial charge in [-0.1, -0.05) is 24.3 Å². The maximum Gasteiger partial charge on any atom is 0.416 e. The van der Waals surface area contributed by atoms with Crippen LogP contribution in [-0.4, -0.2) is 56.0 Å². The molecule has 0 unspecified atom stereocenters. The Balaban J connectivity index is 1.39. The van der Waals surface area contributed by atoms with Crippen molar-refractivity contribution in [1.29, 1.82) is 0 Å². The Labute approximate surface area is 172 Å². The molecule has 0 aromatic heterocycles. The first-order valence-corrected chi connectivity index (χ1v) is 9.58. The third kappa shape index (κ3) is 5.88. The van der Waals surface area contributed by atoms with Crippen molar-refractivity contribution in [2.24, 2.45) is 0 Å². The molecule has 0 atom stereocenters. The fraction of sp³-hybridized carbons (Fsp3) is 0.333.